The van der Waals surface area contributed by atoms with E-state index >= 15 is 0 Å². The molecule has 4 heteroatoms. The predicted molar refractivity (Wildman–Crippen MR) is 36.1 cm³/mol. The average Bonchev–Trinajstić information content (AvgIpc) is 2.36. The summed E-state index contributed by atoms with van der Waals surface area (Å²) in [5.74, 6) is 0. The predicted octanol–water partition coefficient (Wildman–Crippen LogP) is 1.28. The maximum Gasteiger partial charge on any atom is 0.287 e. The van der Waals surface area contributed by atoms with Gasteiger partial charge in [0.2, 0.25) is 0 Å². The molecule has 0 aromatic carbocycles. The first-order valence-electron chi connectivity index (χ1n) is 2.98. The lowest BCUT2D eigenvalue weighted by atomic mass is 10.6. The Hall–Kier alpha value is -1.32. The van der Waals surface area contributed by atoms with Gasteiger partial charge >= 0.3 is 0 Å². The van der Waals surface area contributed by atoms with Gasteiger partial charge in [-0.25, -0.2) is 0 Å². The average molecular weight is 140 g/mol. The van der Waals surface area contributed by atoms with Crippen LogP contribution in [0.2, 0.25) is 0 Å². The molecule has 1 rings (SSSR count). The minimum absolute atomic E-state index is 0.333. The molecule has 0 radical (unpaired) electrons. The Morgan fingerprint density at radius 3 is 2.40 bits per heavy atom. The van der Waals surface area contributed by atoms with Gasteiger partial charge in [0.15, 0.2) is 0 Å². The molecule has 0 bridgehead atoms. The van der Waals surface area contributed by atoms with E-state index in [4.69, 9.17) is 0 Å². The lowest BCUT2D eigenvalue weighted by molar-refractivity contribution is -0.543. The van der Waals surface area contributed by atoms with Crippen molar-refractivity contribution in [2.24, 2.45) is 0 Å². The van der Waals surface area contributed by atoms with Crippen LogP contribution in [0.15, 0.2) is 24.5 Å². The van der Waals surface area contributed by atoms with Crippen LogP contribution in [0.1, 0.15) is 13.1 Å². The van der Waals surface area contributed by atoms with E-state index in [1.165, 1.54) is 0 Å². The van der Waals surface area contributed by atoms with E-state index in [9.17, 15) is 10.1 Å². The first-order chi connectivity index (χ1) is 4.72. The molecular formula is C6H8N2O2. The van der Waals surface area contributed by atoms with Crippen LogP contribution in [-0.2, 0) is 0 Å². The highest BCUT2D eigenvalue weighted by Gasteiger charge is 2.11. The molecule has 0 aliphatic carbocycles. The third-order valence-electron chi connectivity index (χ3n) is 1.36. The van der Waals surface area contributed by atoms with Gasteiger partial charge in [0.05, 0.1) is 0 Å². The molecule has 1 atom stereocenters. The van der Waals surface area contributed by atoms with Gasteiger partial charge in [-0.15, -0.1) is 0 Å². The third-order valence-corrected chi connectivity index (χ3v) is 1.36. The van der Waals surface area contributed by atoms with E-state index in [1.807, 2.05) is 0 Å². The molecule has 1 aromatic heterocycles. The van der Waals surface area contributed by atoms with Crippen molar-refractivity contribution in [2.45, 2.75) is 13.1 Å². The van der Waals surface area contributed by atoms with Gasteiger partial charge < -0.3 is 0 Å². The fourth-order valence-electron chi connectivity index (χ4n) is 0.706. The molecule has 1 unspecified atom stereocenters. The van der Waals surface area contributed by atoms with Crippen molar-refractivity contribution < 1.29 is 4.92 Å². The van der Waals surface area contributed by atoms with E-state index in [1.54, 1.807) is 36.0 Å². The summed E-state index contributed by atoms with van der Waals surface area (Å²) in [6.45, 7) is 1.54. The van der Waals surface area contributed by atoms with Crippen LogP contribution in [0, 0.1) is 10.1 Å². The molecule has 0 saturated carbocycles. The highest BCUT2D eigenvalue weighted by molar-refractivity contribution is 4.90. The lowest BCUT2D eigenvalue weighted by Gasteiger charge is -2.03. The van der Waals surface area contributed by atoms with E-state index in [2.05, 4.69) is 0 Å². The molecule has 1 heterocycles. The first-order valence-corrected chi connectivity index (χ1v) is 2.98. The standard InChI is InChI=1S/C6H8N2O2/c1-6(8(9)10)7-4-2-3-5-7/h2-6H,1H3. The monoisotopic (exact) mass is 140 g/mol. The summed E-state index contributed by atoms with van der Waals surface area (Å²) in [6.07, 6.45) is 2.69. The molecule has 0 N–H and O–H groups in total. The van der Waals surface area contributed by atoms with Gasteiger partial charge in [-0.3, -0.25) is 14.7 Å². The number of hydrogen-bond donors (Lipinski definition) is 0. The minimum Gasteiger partial charge on any atom is -0.293 e. The first kappa shape index (κ1) is 6.80. The summed E-state index contributed by atoms with van der Waals surface area (Å²) in [5, 5.41) is 10.2. The highest BCUT2D eigenvalue weighted by atomic mass is 16.6. The Morgan fingerprint density at radius 1 is 1.50 bits per heavy atom. The summed E-state index contributed by atoms with van der Waals surface area (Å²) < 4.78 is 1.54. The van der Waals surface area contributed by atoms with Gasteiger partial charge in [-0.05, 0) is 12.1 Å². The van der Waals surface area contributed by atoms with E-state index < -0.39 is 6.17 Å². The summed E-state index contributed by atoms with van der Waals surface area (Å²) >= 11 is 0. The van der Waals surface area contributed by atoms with Gasteiger partial charge in [-0.2, -0.15) is 0 Å². The molecule has 0 spiro atoms. The van der Waals surface area contributed by atoms with Crippen LogP contribution >= 0.6 is 0 Å². The van der Waals surface area contributed by atoms with Gasteiger partial charge in [0.1, 0.15) is 0 Å². The number of aromatic nitrogens is 1. The Bertz CT molecular complexity index is 218. The Balaban J connectivity index is 2.77. The molecule has 10 heavy (non-hydrogen) atoms. The van der Waals surface area contributed by atoms with Crippen molar-refractivity contribution in [3.63, 3.8) is 0 Å². The maximum absolute atomic E-state index is 10.2. The maximum atomic E-state index is 10.2. The smallest absolute Gasteiger partial charge is 0.287 e. The molecule has 4 nitrogen and oxygen atoms in total. The summed E-state index contributed by atoms with van der Waals surface area (Å²) in [7, 11) is 0. The van der Waals surface area contributed by atoms with E-state index in [0.717, 1.165) is 0 Å². The van der Waals surface area contributed by atoms with Gasteiger partial charge in [-0.1, -0.05) is 0 Å². The van der Waals surface area contributed by atoms with Crippen molar-refractivity contribution >= 4 is 0 Å². The molecule has 0 aliphatic heterocycles. The van der Waals surface area contributed by atoms with Crippen LogP contribution in [0.4, 0.5) is 0 Å². The fourth-order valence-corrected chi connectivity index (χ4v) is 0.706. The second-order valence-electron chi connectivity index (χ2n) is 2.05. The van der Waals surface area contributed by atoms with Gasteiger partial charge in [0, 0.05) is 24.2 Å². The zero-order valence-electron chi connectivity index (χ0n) is 5.60. The minimum atomic E-state index is -0.657. The Labute approximate surface area is 58.2 Å². The van der Waals surface area contributed by atoms with E-state index in [0.29, 0.717) is 0 Å². The van der Waals surface area contributed by atoms with Crippen LogP contribution < -0.4 is 0 Å². The Kier molecular flexibility index (Phi) is 1.71. The molecule has 1 aromatic rings. The molecule has 0 amide bonds. The summed E-state index contributed by atoms with van der Waals surface area (Å²) in [5.41, 5.74) is 0. The zero-order chi connectivity index (χ0) is 7.56. The summed E-state index contributed by atoms with van der Waals surface area (Å²) in [6, 6.07) is 3.53. The molecule has 54 valence electrons. The quantitative estimate of drug-likeness (QED) is 0.459. The van der Waals surface area contributed by atoms with Crippen molar-refractivity contribution in [3.8, 4) is 0 Å². The molecule has 0 aliphatic rings. The highest BCUT2D eigenvalue weighted by Crippen LogP contribution is 2.04. The van der Waals surface area contributed by atoms with Gasteiger partial charge in [0.25, 0.3) is 6.17 Å². The number of nitro groups is 1. The second kappa shape index (κ2) is 2.51. The SMILES string of the molecule is CC(n1cccc1)[N+](=O)[O-]. The largest absolute Gasteiger partial charge is 0.293 e. The summed E-state index contributed by atoms with van der Waals surface area (Å²) in [4.78, 5) is 9.85. The third kappa shape index (κ3) is 1.15. The van der Waals surface area contributed by atoms with Crippen LogP contribution in [0.5, 0.6) is 0 Å². The molecule has 0 fully saturated rings. The van der Waals surface area contributed by atoms with Crippen molar-refractivity contribution in [1.82, 2.24) is 4.57 Å². The van der Waals surface area contributed by atoms with Crippen LogP contribution in [0.3, 0.4) is 0 Å². The van der Waals surface area contributed by atoms with E-state index in [-0.39, 0.29) is 4.92 Å². The number of hydrogen-bond acceptors (Lipinski definition) is 2. The van der Waals surface area contributed by atoms with Crippen molar-refractivity contribution in [2.75, 3.05) is 0 Å². The number of rotatable bonds is 2. The number of nitrogens with zero attached hydrogens (tertiary/aromatic N) is 2. The lowest BCUT2D eigenvalue weighted by Crippen LogP contribution is -2.12. The van der Waals surface area contributed by atoms with Crippen LogP contribution in [-0.4, -0.2) is 9.49 Å². The van der Waals surface area contributed by atoms with Crippen molar-refractivity contribution in [3.05, 3.63) is 34.6 Å². The molecular weight excluding hydrogens is 132 g/mol. The normalized spacial score (nSPS) is 12.9. The van der Waals surface area contributed by atoms with Crippen LogP contribution in [0.25, 0.3) is 0 Å². The second-order valence-corrected chi connectivity index (χ2v) is 2.05. The zero-order valence-corrected chi connectivity index (χ0v) is 5.60. The molecule has 0 saturated heterocycles. The fraction of sp³-hybridized carbons (Fsp3) is 0.333. The van der Waals surface area contributed by atoms with Crippen molar-refractivity contribution in [1.29, 1.82) is 0 Å². The Morgan fingerprint density at radius 2 is 2.00 bits per heavy atom. The topological polar surface area (TPSA) is 48.1 Å².